The Kier molecular flexibility index (Phi) is 6.62. The Labute approximate surface area is 111 Å². The first kappa shape index (κ1) is 15.4. The van der Waals surface area contributed by atoms with Crippen LogP contribution in [0.4, 0.5) is 4.39 Å². The third kappa shape index (κ3) is 5.34. The Morgan fingerprint density at radius 1 is 1.22 bits per heavy atom. The monoisotopic (exact) mass is 293 g/mol. The zero-order chi connectivity index (χ0) is 13.4. The van der Waals surface area contributed by atoms with Gasteiger partial charge in [-0.1, -0.05) is 0 Å². The molecule has 0 fully saturated rings. The molecule has 0 radical (unpaired) electrons. The summed E-state index contributed by atoms with van der Waals surface area (Å²) in [5.74, 6) is 0.975. The normalized spacial score (nSPS) is 11.7. The zero-order valence-corrected chi connectivity index (χ0v) is 11.4. The van der Waals surface area contributed by atoms with Crippen molar-refractivity contribution in [1.82, 2.24) is 4.72 Å². The maximum absolute atomic E-state index is 12.7. The summed E-state index contributed by atoms with van der Waals surface area (Å²) in [4.78, 5) is 0.0595. The molecule has 0 bridgehead atoms. The van der Waals surface area contributed by atoms with Gasteiger partial charge in [0.15, 0.2) is 0 Å². The fourth-order valence-corrected chi connectivity index (χ4v) is 3.16. The van der Waals surface area contributed by atoms with Gasteiger partial charge in [0.2, 0.25) is 10.0 Å². The van der Waals surface area contributed by atoms with Gasteiger partial charge in [-0.25, -0.2) is 17.5 Å². The lowest BCUT2D eigenvalue weighted by Gasteiger charge is -2.06. The van der Waals surface area contributed by atoms with Crippen molar-refractivity contribution in [2.45, 2.75) is 11.3 Å². The van der Waals surface area contributed by atoms with E-state index in [9.17, 15) is 12.8 Å². The minimum absolute atomic E-state index is 0.0595. The molecule has 2 N–H and O–H groups in total. The number of hydrogen-bond donors (Lipinski definition) is 2. The summed E-state index contributed by atoms with van der Waals surface area (Å²) >= 11 is 1.57. The molecule has 18 heavy (non-hydrogen) atoms. The molecule has 1 aromatic rings. The molecular weight excluding hydrogens is 277 g/mol. The van der Waals surface area contributed by atoms with Crippen LogP contribution < -0.4 is 4.72 Å². The van der Waals surface area contributed by atoms with Crippen LogP contribution in [0.25, 0.3) is 0 Å². The second-order valence-electron chi connectivity index (χ2n) is 3.54. The summed E-state index contributed by atoms with van der Waals surface area (Å²) in [6.07, 6.45) is 0.704. The zero-order valence-electron chi connectivity index (χ0n) is 9.80. The van der Waals surface area contributed by atoms with E-state index in [1.54, 1.807) is 11.8 Å². The number of halogens is 1. The number of hydrogen-bond acceptors (Lipinski definition) is 4. The van der Waals surface area contributed by atoms with Crippen LogP contribution in [0.2, 0.25) is 0 Å². The molecule has 0 aromatic heterocycles. The van der Waals surface area contributed by atoms with Gasteiger partial charge >= 0.3 is 0 Å². The lowest BCUT2D eigenvalue weighted by Crippen LogP contribution is -2.26. The lowest BCUT2D eigenvalue weighted by molar-refractivity contribution is 0.296. The Hall–Kier alpha value is -0.630. The highest BCUT2D eigenvalue weighted by molar-refractivity contribution is 7.99. The smallest absolute Gasteiger partial charge is 0.240 e. The van der Waals surface area contributed by atoms with Crippen molar-refractivity contribution in [2.75, 3.05) is 24.7 Å². The average molecular weight is 293 g/mol. The number of thioether (sulfide) groups is 1. The van der Waals surface area contributed by atoms with Crippen LogP contribution >= 0.6 is 11.8 Å². The van der Waals surface area contributed by atoms with Crippen molar-refractivity contribution >= 4 is 21.8 Å². The molecule has 0 spiro atoms. The minimum atomic E-state index is -3.55. The summed E-state index contributed by atoms with van der Waals surface area (Å²) in [5.41, 5.74) is 0. The fraction of sp³-hybridized carbons (Fsp3) is 0.455. The average Bonchev–Trinajstić information content (AvgIpc) is 2.34. The number of benzene rings is 1. The topological polar surface area (TPSA) is 66.4 Å². The number of aliphatic hydroxyl groups is 1. The molecule has 0 amide bonds. The molecule has 0 heterocycles. The minimum Gasteiger partial charge on any atom is -0.396 e. The first-order valence-electron chi connectivity index (χ1n) is 5.50. The Morgan fingerprint density at radius 2 is 1.89 bits per heavy atom. The molecule has 7 heteroatoms. The predicted octanol–water partition coefficient (Wildman–Crippen LogP) is 1.22. The lowest BCUT2D eigenvalue weighted by atomic mass is 10.4. The van der Waals surface area contributed by atoms with Gasteiger partial charge in [-0.05, 0) is 36.4 Å². The van der Waals surface area contributed by atoms with Gasteiger partial charge in [0.1, 0.15) is 5.82 Å². The van der Waals surface area contributed by atoms with Gasteiger partial charge in [0.25, 0.3) is 0 Å². The largest absolute Gasteiger partial charge is 0.396 e. The first-order chi connectivity index (χ1) is 8.56. The van der Waals surface area contributed by atoms with Gasteiger partial charge < -0.3 is 5.11 Å². The molecule has 0 saturated carbocycles. The quantitative estimate of drug-likeness (QED) is 0.707. The van der Waals surface area contributed by atoms with Crippen LogP contribution in [0.5, 0.6) is 0 Å². The van der Waals surface area contributed by atoms with Crippen LogP contribution in [-0.2, 0) is 10.0 Å². The third-order valence-electron chi connectivity index (χ3n) is 2.11. The van der Waals surface area contributed by atoms with Gasteiger partial charge in [0.05, 0.1) is 4.90 Å². The Morgan fingerprint density at radius 3 is 2.50 bits per heavy atom. The molecule has 4 nitrogen and oxygen atoms in total. The maximum Gasteiger partial charge on any atom is 0.240 e. The van der Waals surface area contributed by atoms with Crippen LogP contribution in [0.1, 0.15) is 6.42 Å². The molecule has 0 unspecified atom stereocenters. The molecule has 0 atom stereocenters. The first-order valence-corrected chi connectivity index (χ1v) is 8.14. The Bertz CT molecular complexity index is 448. The van der Waals surface area contributed by atoms with E-state index in [0.29, 0.717) is 18.7 Å². The van der Waals surface area contributed by atoms with Crippen molar-refractivity contribution < 1.29 is 17.9 Å². The Balaban J connectivity index is 2.38. The highest BCUT2D eigenvalue weighted by Crippen LogP contribution is 2.09. The van der Waals surface area contributed by atoms with Gasteiger partial charge in [-0.3, -0.25) is 0 Å². The van der Waals surface area contributed by atoms with Gasteiger partial charge in [-0.15, -0.1) is 0 Å². The van der Waals surface area contributed by atoms with E-state index in [1.165, 1.54) is 12.1 Å². The van der Waals surface area contributed by atoms with Crippen molar-refractivity contribution in [1.29, 1.82) is 0 Å². The van der Waals surface area contributed by atoms with E-state index in [4.69, 9.17) is 5.11 Å². The molecular formula is C11H16FNO3S2. The fourth-order valence-electron chi connectivity index (χ4n) is 1.21. The third-order valence-corrected chi connectivity index (χ3v) is 4.66. The molecule has 1 aromatic carbocycles. The molecule has 0 aliphatic rings. The van der Waals surface area contributed by atoms with E-state index in [1.807, 2.05) is 0 Å². The van der Waals surface area contributed by atoms with Gasteiger partial charge in [0, 0.05) is 18.9 Å². The second-order valence-corrected chi connectivity index (χ2v) is 6.53. The van der Waals surface area contributed by atoms with Crippen molar-refractivity contribution in [2.24, 2.45) is 0 Å². The predicted molar refractivity (Wildman–Crippen MR) is 70.6 cm³/mol. The summed E-state index contributed by atoms with van der Waals surface area (Å²) in [7, 11) is -3.55. The highest BCUT2D eigenvalue weighted by Gasteiger charge is 2.12. The molecule has 1 rings (SSSR count). The standard InChI is InChI=1S/C11H16FNO3S2/c12-10-2-4-11(5-3-10)18(15,16)13-6-9-17-8-1-7-14/h2-5,13-14H,1,6-9H2. The number of rotatable bonds is 8. The van der Waals surface area contributed by atoms with E-state index in [-0.39, 0.29) is 11.5 Å². The van der Waals surface area contributed by atoms with Crippen LogP contribution in [0, 0.1) is 5.82 Å². The summed E-state index contributed by atoms with van der Waals surface area (Å²) in [5, 5.41) is 8.57. The summed E-state index contributed by atoms with van der Waals surface area (Å²) < 4.78 is 38.6. The van der Waals surface area contributed by atoms with Crippen molar-refractivity contribution in [3.63, 3.8) is 0 Å². The van der Waals surface area contributed by atoms with Crippen LogP contribution in [-0.4, -0.2) is 38.2 Å². The van der Waals surface area contributed by atoms with Gasteiger partial charge in [-0.2, -0.15) is 11.8 Å². The van der Waals surface area contributed by atoms with Crippen LogP contribution in [0.15, 0.2) is 29.2 Å². The van der Waals surface area contributed by atoms with E-state index >= 15 is 0 Å². The van der Waals surface area contributed by atoms with Crippen molar-refractivity contribution in [3.8, 4) is 0 Å². The highest BCUT2D eigenvalue weighted by atomic mass is 32.2. The van der Waals surface area contributed by atoms with E-state index < -0.39 is 15.8 Å². The second kappa shape index (κ2) is 7.73. The molecule has 102 valence electrons. The van der Waals surface area contributed by atoms with Crippen LogP contribution in [0.3, 0.4) is 0 Å². The molecule has 0 saturated heterocycles. The molecule has 0 aliphatic carbocycles. The SMILES string of the molecule is O=S(=O)(NCCSCCCO)c1ccc(F)cc1. The van der Waals surface area contributed by atoms with E-state index in [2.05, 4.69) is 4.72 Å². The summed E-state index contributed by atoms with van der Waals surface area (Å²) in [6.45, 7) is 0.462. The van der Waals surface area contributed by atoms with E-state index in [0.717, 1.165) is 17.9 Å². The van der Waals surface area contributed by atoms with Crippen molar-refractivity contribution in [3.05, 3.63) is 30.1 Å². The molecule has 0 aliphatic heterocycles. The maximum atomic E-state index is 12.7. The summed E-state index contributed by atoms with van der Waals surface area (Å²) in [6, 6.07) is 4.70. The number of sulfonamides is 1. The number of nitrogens with one attached hydrogen (secondary N) is 1. The number of aliphatic hydroxyl groups excluding tert-OH is 1.